The molecule has 0 bridgehead atoms. The van der Waals surface area contributed by atoms with Gasteiger partial charge in [0, 0.05) is 0 Å². The number of benzene rings is 1. The molecule has 3 heteroatoms. The third-order valence-corrected chi connectivity index (χ3v) is 1.45. The van der Waals surface area contributed by atoms with Crippen LogP contribution in [-0.4, -0.2) is 12.9 Å². The Kier molecular flexibility index (Phi) is 4.27. The van der Waals surface area contributed by atoms with Crippen LogP contribution in [0.1, 0.15) is 16.9 Å². The van der Waals surface area contributed by atoms with E-state index < -0.39 is 5.95 Å². The Labute approximate surface area is 83.0 Å². The van der Waals surface area contributed by atoms with Gasteiger partial charge in [0.05, 0.1) is 5.56 Å². The molecule has 1 aromatic carbocycles. The Morgan fingerprint density at radius 2 is 2.14 bits per heavy atom. The first-order chi connectivity index (χ1) is 6.83. The highest BCUT2D eigenvalue weighted by molar-refractivity contribution is 5.74. The molecule has 0 saturated heterocycles. The lowest BCUT2D eigenvalue weighted by Gasteiger charge is -2.05. The van der Waals surface area contributed by atoms with E-state index in [0.29, 0.717) is 6.61 Å². The van der Waals surface area contributed by atoms with Crippen LogP contribution >= 0.6 is 0 Å². The largest absolute Gasteiger partial charge is 0.608 e. The fourth-order valence-corrected chi connectivity index (χ4v) is 0.876. The van der Waals surface area contributed by atoms with Crippen molar-refractivity contribution in [2.24, 2.45) is 0 Å². The predicted molar refractivity (Wildman–Crippen MR) is 51.5 cm³/mol. The summed E-state index contributed by atoms with van der Waals surface area (Å²) in [6.45, 7) is 2.09. The van der Waals surface area contributed by atoms with E-state index in [2.05, 4.69) is 4.74 Å². The van der Waals surface area contributed by atoms with Gasteiger partial charge in [0.1, 0.15) is 0 Å². The molecule has 0 aromatic heterocycles. The molecule has 0 spiro atoms. The number of hydrogen-bond donors (Lipinski definition) is 0. The molecule has 14 heavy (non-hydrogen) atoms. The highest BCUT2D eigenvalue weighted by Crippen LogP contribution is 1.94. The van der Waals surface area contributed by atoms with Crippen LogP contribution in [0, 0.1) is 0 Å². The predicted octanol–water partition coefficient (Wildman–Crippen LogP) is 1.23. The second-order valence-corrected chi connectivity index (χ2v) is 2.53. The minimum absolute atomic E-state index is 0.351. The third-order valence-electron chi connectivity index (χ3n) is 1.45. The van der Waals surface area contributed by atoms with Crippen LogP contribution in [0.3, 0.4) is 0 Å². The summed E-state index contributed by atoms with van der Waals surface area (Å²) >= 11 is 0. The molecule has 74 valence electrons. The van der Waals surface area contributed by atoms with E-state index >= 15 is 0 Å². The van der Waals surface area contributed by atoms with Crippen LogP contribution in [0.4, 0.5) is 0 Å². The highest BCUT2D eigenvalue weighted by Gasteiger charge is 1.91. The second kappa shape index (κ2) is 5.80. The van der Waals surface area contributed by atoms with E-state index in [1.54, 1.807) is 6.92 Å². The Morgan fingerprint density at radius 3 is 2.79 bits per heavy atom. The van der Waals surface area contributed by atoms with Gasteiger partial charge in [-0.2, -0.15) is 0 Å². The van der Waals surface area contributed by atoms with Crippen molar-refractivity contribution in [1.82, 2.24) is 0 Å². The van der Waals surface area contributed by atoms with Crippen molar-refractivity contribution in [1.29, 1.82) is 0 Å². The van der Waals surface area contributed by atoms with Gasteiger partial charge in [-0.05, 0) is 18.7 Å². The monoisotopic (exact) mass is 192 g/mol. The van der Waals surface area contributed by atoms with Gasteiger partial charge in [0.2, 0.25) is 0 Å². The first-order valence-corrected chi connectivity index (χ1v) is 4.36. The molecule has 3 nitrogen and oxygen atoms in total. The lowest BCUT2D eigenvalue weighted by Crippen LogP contribution is -2.06. The van der Waals surface area contributed by atoms with E-state index in [-0.39, 0.29) is 0 Å². The van der Waals surface area contributed by atoms with E-state index in [0.717, 1.165) is 11.8 Å². The lowest BCUT2D eigenvalue weighted by atomic mass is 10.2. The summed E-state index contributed by atoms with van der Waals surface area (Å²) in [7, 11) is 0. The van der Waals surface area contributed by atoms with Gasteiger partial charge in [-0.15, -0.1) is 0 Å². The third kappa shape index (κ3) is 3.76. The molecule has 0 radical (unpaired) electrons. The minimum atomic E-state index is -0.473. The van der Waals surface area contributed by atoms with E-state index in [4.69, 9.17) is 4.42 Å². The number of hydrogen-bond acceptors (Lipinski definition) is 2. The standard InChI is InChI=1S/C11H12O3/c1-2-14-11(12)9-13-8-10-6-4-3-5-7-10/h3-9H,2H2,1H3/b11-9+. The maximum absolute atomic E-state index is 10.8. The van der Waals surface area contributed by atoms with Gasteiger partial charge in [-0.1, -0.05) is 25.1 Å². The zero-order valence-corrected chi connectivity index (χ0v) is 7.97. The molecule has 0 aliphatic rings. The summed E-state index contributed by atoms with van der Waals surface area (Å²) in [4.78, 5) is 0. The fraction of sp³-hybridized carbons (Fsp3) is 0.182. The van der Waals surface area contributed by atoms with Crippen LogP contribution in [0.5, 0.6) is 0 Å². The van der Waals surface area contributed by atoms with Gasteiger partial charge in [-0.25, -0.2) is 4.42 Å². The van der Waals surface area contributed by atoms with Crippen LogP contribution in [0.2, 0.25) is 0 Å². The van der Waals surface area contributed by atoms with Crippen LogP contribution in [0.15, 0.2) is 42.5 Å². The lowest BCUT2D eigenvalue weighted by molar-refractivity contribution is -0.370. The highest BCUT2D eigenvalue weighted by atomic mass is 16.6. The van der Waals surface area contributed by atoms with E-state index in [9.17, 15) is 5.11 Å². The number of ether oxygens (including phenoxy) is 1. The summed E-state index contributed by atoms with van der Waals surface area (Å²) in [6.07, 6.45) is 2.52. The fourth-order valence-electron chi connectivity index (χ4n) is 0.876. The molecule has 0 saturated carbocycles. The zero-order chi connectivity index (χ0) is 10.2. The Hall–Kier alpha value is -1.77. The summed E-state index contributed by atoms with van der Waals surface area (Å²) < 4.78 is 9.55. The molecular weight excluding hydrogens is 180 g/mol. The van der Waals surface area contributed by atoms with Crippen LogP contribution in [0.25, 0.3) is 0 Å². The quantitative estimate of drug-likeness (QED) is 0.409. The Bertz CT molecular complexity index is 315. The van der Waals surface area contributed by atoms with E-state index in [1.807, 2.05) is 30.3 Å². The maximum atomic E-state index is 10.8. The van der Waals surface area contributed by atoms with Gasteiger partial charge in [0.15, 0.2) is 5.95 Å². The second-order valence-electron chi connectivity index (χ2n) is 2.53. The smallest absolute Gasteiger partial charge is 0.339 e. The number of carbonyl (C=O) groups excluding carboxylic acids is 1. The topological polar surface area (TPSA) is 43.6 Å². The van der Waals surface area contributed by atoms with Crippen LogP contribution < -0.4 is 5.11 Å². The normalized spacial score (nSPS) is 11.9. The summed E-state index contributed by atoms with van der Waals surface area (Å²) in [5.74, 6) is -0.473. The van der Waals surface area contributed by atoms with Crippen molar-refractivity contribution >= 4 is 6.29 Å². The summed E-state index contributed by atoms with van der Waals surface area (Å²) in [5.41, 5.74) is 0.896. The van der Waals surface area contributed by atoms with Crippen molar-refractivity contribution < 1.29 is 14.3 Å². The Balaban J connectivity index is 2.53. The van der Waals surface area contributed by atoms with Gasteiger partial charge in [-0.3, -0.25) is 0 Å². The van der Waals surface area contributed by atoms with Crippen molar-refractivity contribution in [2.75, 3.05) is 6.61 Å². The zero-order valence-electron chi connectivity index (χ0n) is 7.97. The van der Waals surface area contributed by atoms with Crippen molar-refractivity contribution in [3.8, 4) is 0 Å². The maximum Gasteiger partial charge on any atom is 0.339 e. The molecular formula is C11H12O3. The minimum Gasteiger partial charge on any atom is -0.608 e. The number of aldehydes is 1. The first kappa shape index (κ1) is 10.3. The molecule has 0 atom stereocenters. The van der Waals surface area contributed by atoms with Crippen molar-refractivity contribution in [2.45, 2.75) is 6.92 Å². The van der Waals surface area contributed by atoms with Gasteiger partial charge in [0.25, 0.3) is 0 Å². The van der Waals surface area contributed by atoms with Crippen molar-refractivity contribution in [3.63, 3.8) is 0 Å². The molecule has 0 aliphatic carbocycles. The average Bonchev–Trinajstić information content (AvgIpc) is 2.20. The molecule has 1 aromatic rings. The molecule has 0 fully saturated rings. The first-order valence-electron chi connectivity index (χ1n) is 4.36. The van der Waals surface area contributed by atoms with Crippen LogP contribution in [-0.2, 0) is 4.74 Å². The SMILES string of the molecule is CCO/C([O-])=C/[O+]=Cc1ccccc1. The van der Waals surface area contributed by atoms with E-state index in [1.165, 1.54) is 6.29 Å². The molecule has 0 unspecified atom stereocenters. The van der Waals surface area contributed by atoms with Gasteiger partial charge < -0.3 is 9.84 Å². The van der Waals surface area contributed by atoms with Gasteiger partial charge >= 0.3 is 12.5 Å². The molecule has 0 N–H and O–H groups in total. The molecule has 0 aliphatic heterocycles. The molecule has 0 heterocycles. The van der Waals surface area contributed by atoms with Crippen molar-refractivity contribution in [3.05, 3.63) is 48.1 Å². The molecule has 1 rings (SSSR count). The summed E-state index contributed by atoms with van der Waals surface area (Å²) in [6, 6.07) is 9.43. The average molecular weight is 192 g/mol. The summed E-state index contributed by atoms with van der Waals surface area (Å²) in [5, 5.41) is 10.8. The Morgan fingerprint density at radius 1 is 1.43 bits per heavy atom. The molecule has 0 amide bonds. The number of rotatable bonds is 4.